The van der Waals surface area contributed by atoms with Crippen molar-refractivity contribution in [1.82, 2.24) is 15.4 Å². The minimum absolute atomic E-state index is 0.00108. The van der Waals surface area contributed by atoms with Gasteiger partial charge in [0.25, 0.3) is 5.91 Å². The topological polar surface area (TPSA) is 119 Å². The molecular weight excluding hydrogens is 434 g/mol. The van der Waals surface area contributed by atoms with Crippen LogP contribution in [0.3, 0.4) is 0 Å². The number of fused-ring (bicyclic) bond motifs is 1. The first-order valence-corrected chi connectivity index (χ1v) is 11.6. The number of benzene rings is 2. The van der Waals surface area contributed by atoms with Crippen molar-refractivity contribution in [2.45, 2.75) is 39.2 Å². The number of carbonyl (C=O) groups is 1. The molecule has 0 aliphatic carbocycles. The lowest BCUT2D eigenvalue weighted by Gasteiger charge is -2.25. The molecule has 2 aromatic carbocycles. The average molecular weight is 466 g/mol. The lowest BCUT2D eigenvalue weighted by atomic mass is 9.91. The van der Waals surface area contributed by atoms with E-state index in [1.165, 1.54) is 17.2 Å². The van der Waals surface area contributed by atoms with Gasteiger partial charge in [-0.25, -0.2) is 0 Å². The van der Waals surface area contributed by atoms with Crippen LogP contribution in [-0.4, -0.2) is 58.0 Å². The molecule has 0 atom stereocenters. The molecule has 8 nitrogen and oxygen atoms in total. The van der Waals surface area contributed by atoms with E-state index in [2.05, 4.69) is 34.6 Å². The van der Waals surface area contributed by atoms with Crippen LogP contribution in [0.15, 0.2) is 34.9 Å². The van der Waals surface area contributed by atoms with Gasteiger partial charge in [0.05, 0.1) is 5.56 Å². The van der Waals surface area contributed by atoms with E-state index in [9.17, 15) is 15.0 Å². The maximum atomic E-state index is 13.0. The van der Waals surface area contributed by atoms with Crippen LogP contribution in [0, 0.1) is 0 Å². The number of nitrogens with one attached hydrogen (secondary N) is 1. The summed E-state index contributed by atoms with van der Waals surface area (Å²) in [6.07, 6.45) is 1.31. The molecule has 1 aromatic heterocycles. The Morgan fingerprint density at radius 1 is 1.18 bits per heavy atom. The molecule has 1 aliphatic heterocycles. The van der Waals surface area contributed by atoms with Crippen LogP contribution in [0.5, 0.6) is 11.5 Å². The fourth-order valence-corrected chi connectivity index (χ4v) is 4.35. The fraction of sp³-hybridized carbons (Fsp3) is 0.385. The van der Waals surface area contributed by atoms with Gasteiger partial charge in [0.2, 0.25) is 5.76 Å². The van der Waals surface area contributed by atoms with Crippen molar-refractivity contribution in [3.05, 3.63) is 52.8 Å². The second kappa shape index (κ2) is 9.87. The number of nitrogens with zero attached hydrogens (tertiary/aromatic N) is 2. The molecule has 3 aromatic rings. The number of aromatic hydroxyl groups is 2. The number of aliphatic hydroxyl groups is 1. The van der Waals surface area contributed by atoms with E-state index in [0.29, 0.717) is 35.3 Å². The van der Waals surface area contributed by atoms with Gasteiger partial charge in [0.1, 0.15) is 17.2 Å². The average Bonchev–Trinajstić information content (AvgIpc) is 3.23. The molecule has 2 heterocycles. The highest BCUT2D eigenvalue weighted by Crippen LogP contribution is 2.43. The van der Waals surface area contributed by atoms with Crippen LogP contribution < -0.4 is 5.32 Å². The number of amides is 1. The largest absolute Gasteiger partial charge is 0.508 e. The minimum atomic E-state index is -0.443. The van der Waals surface area contributed by atoms with Crippen LogP contribution in [0.4, 0.5) is 0 Å². The number of phenols is 2. The molecule has 4 rings (SSSR count). The molecule has 180 valence electrons. The van der Waals surface area contributed by atoms with Gasteiger partial charge in [0.15, 0.2) is 0 Å². The predicted molar refractivity (Wildman–Crippen MR) is 129 cm³/mol. The summed E-state index contributed by atoms with van der Waals surface area (Å²) in [6, 6.07) is 9.05. The number of hydrogen-bond donors (Lipinski definition) is 4. The predicted octanol–water partition coefficient (Wildman–Crippen LogP) is 3.64. The van der Waals surface area contributed by atoms with Crippen LogP contribution in [-0.2, 0) is 13.0 Å². The molecule has 0 spiro atoms. The second-order valence-electron chi connectivity index (χ2n) is 9.12. The van der Waals surface area contributed by atoms with Crippen molar-refractivity contribution in [3.8, 4) is 33.9 Å². The molecule has 34 heavy (non-hydrogen) atoms. The highest BCUT2D eigenvalue weighted by atomic mass is 16.5. The van der Waals surface area contributed by atoms with Gasteiger partial charge in [-0.3, -0.25) is 4.79 Å². The van der Waals surface area contributed by atoms with Crippen molar-refractivity contribution in [2.75, 3.05) is 26.7 Å². The van der Waals surface area contributed by atoms with Crippen molar-refractivity contribution in [2.24, 2.45) is 0 Å². The Bertz CT molecular complexity index is 1200. The van der Waals surface area contributed by atoms with Crippen molar-refractivity contribution in [1.29, 1.82) is 0 Å². The third kappa shape index (κ3) is 4.64. The summed E-state index contributed by atoms with van der Waals surface area (Å²) in [5.74, 6) is -0.539. The van der Waals surface area contributed by atoms with Crippen molar-refractivity contribution < 1.29 is 24.6 Å². The Morgan fingerprint density at radius 2 is 1.97 bits per heavy atom. The molecular formula is C26H31N3O5. The molecule has 1 amide bonds. The van der Waals surface area contributed by atoms with Crippen LogP contribution in [0.1, 0.15) is 53.4 Å². The fourth-order valence-electron chi connectivity index (χ4n) is 4.35. The van der Waals surface area contributed by atoms with Gasteiger partial charge >= 0.3 is 0 Å². The summed E-state index contributed by atoms with van der Waals surface area (Å²) in [4.78, 5) is 15.2. The summed E-state index contributed by atoms with van der Waals surface area (Å²) >= 11 is 0. The third-order valence-electron chi connectivity index (χ3n) is 6.24. The highest BCUT2D eigenvalue weighted by molar-refractivity contribution is 6.02. The van der Waals surface area contributed by atoms with Gasteiger partial charge in [-0.1, -0.05) is 37.2 Å². The van der Waals surface area contributed by atoms with E-state index >= 15 is 0 Å². The molecule has 0 saturated carbocycles. The van der Waals surface area contributed by atoms with Crippen LogP contribution in [0.25, 0.3) is 22.4 Å². The van der Waals surface area contributed by atoms with Gasteiger partial charge in [-0.2, -0.15) is 0 Å². The number of phenolic OH excluding ortho intramolecular Hbond substituents is 2. The first-order chi connectivity index (χ1) is 16.3. The summed E-state index contributed by atoms with van der Waals surface area (Å²) in [5, 5.41) is 37.0. The molecule has 0 bridgehead atoms. The Morgan fingerprint density at radius 3 is 2.71 bits per heavy atom. The van der Waals surface area contributed by atoms with Gasteiger partial charge in [0, 0.05) is 37.9 Å². The van der Waals surface area contributed by atoms with E-state index in [4.69, 9.17) is 9.63 Å². The lowest BCUT2D eigenvalue weighted by Crippen LogP contribution is -2.26. The Balaban J connectivity index is 1.86. The molecule has 1 aliphatic rings. The molecule has 0 unspecified atom stereocenters. The third-order valence-corrected chi connectivity index (χ3v) is 6.24. The first kappa shape index (κ1) is 23.8. The molecule has 4 N–H and O–H groups in total. The number of likely N-dealkylation sites (N-methyl/N-ethyl adjacent to an activating group) is 1. The summed E-state index contributed by atoms with van der Waals surface area (Å²) in [6.45, 7) is 5.95. The van der Waals surface area contributed by atoms with Gasteiger partial charge in [-0.05, 0) is 54.1 Å². The van der Waals surface area contributed by atoms with E-state index in [1.54, 1.807) is 6.07 Å². The normalized spacial score (nSPS) is 13.8. The molecule has 0 saturated heterocycles. The second-order valence-corrected chi connectivity index (χ2v) is 9.12. The monoisotopic (exact) mass is 465 g/mol. The van der Waals surface area contributed by atoms with Crippen LogP contribution in [0.2, 0.25) is 0 Å². The zero-order valence-corrected chi connectivity index (χ0v) is 19.8. The first-order valence-electron chi connectivity index (χ1n) is 11.6. The van der Waals surface area contributed by atoms with Gasteiger partial charge in [-0.15, -0.1) is 0 Å². The maximum Gasteiger partial charge on any atom is 0.290 e. The summed E-state index contributed by atoms with van der Waals surface area (Å²) in [5.41, 5.74) is 5.06. The van der Waals surface area contributed by atoms with Crippen LogP contribution >= 0.6 is 0 Å². The summed E-state index contributed by atoms with van der Waals surface area (Å²) in [7, 11) is 2.09. The lowest BCUT2D eigenvalue weighted by molar-refractivity contribution is 0.0915. The summed E-state index contributed by atoms with van der Waals surface area (Å²) < 4.78 is 5.54. The molecule has 8 heteroatoms. The van der Waals surface area contributed by atoms with Crippen molar-refractivity contribution in [3.63, 3.8) is 0 Å². The number of aromatic nitrogens is 1. The standard InChI is InChI=1S/C26H31N3O5/c1-15(2)19-12-20(22(32)13-21(19)31)24-23(25(34-28-24)26(33)27-8-4-10-30)17-5-6-18-14-29(3)9-7-16(18)11-17/h5-6,11-13,15,30-32H,4,7-10,14H2,1-3H3,(H,27,33). The SMILES string of the molecule is CC(C)c1cc(-c2noc(C(=O)NCCCO)c2-c2ccc3c(c2)CCN(C)C3)c(O)cc1O. The van der Waals surface area contributed by atoms with Gasteiger partial charge < -0.3 is 30.1 Å². The number of aliphatic hydroxyl groups excluding tert-OH is 1. The van der Waals surface area contributed by atoms with E-state index in [-0.39, 0.29) is 29.8 Å². The number of carbonyl (C=O) groups excluding carboxylic acids is 1. The smallest absolute Gasteiger partial charge is 0.290 e. The van der Waals surface area contributed by atoms with Crippen molar-refractivity contribution >= 4 is 5.91 Å². The molecule has 0 radical (unpaired) electrons. The maximum absolute atomic E-state index is 13.0. The quantitative estimate of drug-likeness (QED) is 0.393. The van der Waals surface area contributed by atoms with E-state index in [0.717, 1.165) is 25.1 Å². The zero-order valence-electron chi connectivity index (χ0n) is 19.8. The van der Waals surface area contributed by atoms with E-state index in [1.807, 2.05) is 19.9 Å². The highest BCUT2D eigenvalue weighted by Gasteiger charge is 2.28. The molecule has 0 fully saturated rings. The van der Waals surface area contributed by atoms with E-state index < -0.39 is 5.91 Å². The minimum Gasteiger partial charge on any atom is -0.508 e. The number of rotatable bonds is 7. The number of hydrogen-bond acceptors (Lipinski definition) is 7. The Kier molecular flexibility index (Phi) is 6.90. The Hall–Kier alpha value is -3.36. The zero-order chi connectivity index (χ0) is 24.4. The Labute approximate surface area is 198 Å².